The van der Waals surface area contributed by atoms with Crippen LogP contribution in [0.15, 0.2) is 18.3 Å². The van der Waals surface area contributed by atoms with Crippen molar-refractivity contribution in [2.24, 2.45) is 0 Å². The van der Waals surface area contributed by atoms with Crippen LogP contribution in [-0.2, 0) is 0 Å². The molecule has 6 heteroatoms. The summed E-state index contributed by atoms with van der Waals surface area (Å²) in [4.78, 5) is 4.23. The maximum absolute atomic E-state index is 9.55. The van der Waals surface area contributed by atoms with Crippen molar-refractivity contribution in [3.8, 4) is 0 Å². The summed E-state index contributed by atoms with van der Waals surface area (Å²) >= 11 is 5.83. The fourth-order valence-corrected chi connectivity index (χ4v) is 1.38. The summed E-state index contributed by atoms with van der Waals surface area (Å²) in [5.74, 6) is 0.476. The van der Waals surface area contributed by atoms with Crippen LogP contribution in [0.4, 0.5) is 5.95 Å². The third-order valence-electron chi connectivity index (χ3n) is 1.97. The number of halogens is 1. The van der Waals surface area contributed by atoms with Crippen molar-refractivity contribution in [1.82, 2.24) is 14.6 Å². The smallest absolute Gasteiger partial charge is 0.243 e. The largest absolute Gasteiger partial charge is 0.389 e. The summed E-state index contributed by atoms with van der Waals surface area (Å²) in [5, 5.41) is 17.3. The van der Waals surface area contributed by atoms with E-state index in [0.717, 1.165) is 0 Å². The fraction of sp³-hybridized carbons (Fsp3) is 0.400. The van der Waals surface area contributed by atoms with E-state index in [2.05, 4.69) is 15.4 Å². The highest BCUT2D eigenvalue weighted by atomic mass is 35.5. The standard InChI is InChI=1S/C10H13ClN4O/c1-10(2,16)6-12-9-13-8-4-3-7(11)5-15(8)14-9/h3-5,16H,6H2,1-2H3,(H,12,14). The number of hydrogen-bond acceptors (Lipinski definition) is 4. The first-order valence-electron chi connectivity index (χ1n) is 4.92. The zero-order valence-corrected chi connectivity index (χ0v) is 9.86. The molecule has 0 atom stereocenters. The lowest BCUT2D eigenvalue weighted by molar-refractivity contribution is 0.0943. The molecule has 0 aromatic carbocycles. The Labute approximate surface area is 98.1 Å². The van der Waals surface area contributed by atoms with E-state index in [4.69, 9.17) is 11.6 Å². The first kappa shape index (κ1) is 11.2. The van der Waals surface area contributed by atoms with Gasteiger partial charge in [0.25, 0.3) is 0 Å². The van der Waals surface area contributed by atoms with E-state index >= 15 is 0 Å². The Balaban J connectivity index is 2.20. The molecule has 0 amide bonds. The Morgan fingerprint density at radius 2 is 2.25 bits per heavy atom. The molecule has 0 aliphatic heterocycles. The minimum absolute atomic E-state index is 0.387. The SMILES string of the molecule is CC(C)(O)CNc1nc2ccc(Cl)cn2n1. The zero-order chi connectivity index (χ0) is 11.8. The van der Waals surface area contributed by atoms with Crippen LogP contribution in [0.25, 0.3) is 5.65 Å². The Morgan fingerprint density at radius 3 is 2.94 bits per heavy atom. The van der Waals surface area contributed by atoms with E-state index in [1.54, 1.807) is 36.7 Å². The quantitative estimate of drug-likeness (QED) is 0.855. The summed E-state index contributed by atoms with van der Waals surface area (Å²) in [5.41, 5.74) is -0.0857. The predicted octanol–water partition coefficient (Wildman–Crippen LogP) is 1.57. The molecule has 0 unspecified atom stereocenters. The Morgan fingerprint density at radius 1 is 1.50 bits per heavy atom. The van der Waals surface area contributed by atoms with Crippen LogP contribution < -0.4 is 5.32 Å². The highest BCUT2D eigenvalue weighted by Crippen LogP contribution is 2.12. The number of aromatic nitrogens is 3. The summed E-state index contributed by atoms with van der Waals surface area (Å²) in [6.07, 6.45) is 1.68. The molecule has 0 bridgehead atoms. The lowest BCUT2D eigenvalue weighted by Gasteiger charge is -2.16. The zero-order valence-electron chi connectivity index (χ0n) is 9.11. The molecule has 2 aromatic rings. The first-order chi connectivity index (χ1) is 7.44. The molecule has 0 saturated carbocycles. The van der Waals surface area contributed by atoms with Gasteiger partial charge < -0.3 is 10.4 Å². The van der Waals surface area contributed by atoms with E-state index in [1.807, 2.05) is 0 Å². The molecule has 5 nitrogen and oxygen atoms in total. The van der Waals surface area contributed by atoms with Crippen molar-refractivity contribution < 1.29 is 5.11 Å². The van der Waals surface area contributed by atoms with Gasteiger partial charge in [-0.3, -0.25) is 0 Å². The van der Waals surface area contributed by atoms with Gasteiger partial charge in [-0.15, -0.1) is 5.10 Å². The molecule has 0 saturated heterocycles. The number of anilines is 1. The van der Waals surface area contributed by atoms with Gasteiger partial charge in [0.05, 0.1) is 10.6 Å². The molecule has 2 N–H and O–H groups in total. The van der Waals surface area contributed by atoms with Crippen LogP contribution in [0.2, 0.25) is 5.02 Å². The van der Waals surface area contributed by atoms with Crippen LogP contribution in [0, 0.1) is 0 Å². The van der Waals surface area contributed by atoms with E-state index in [9.17, 15) is 5.11 Å². The highest BCUT2D eigenvalue weighted by Gasteiger charge is 2.13. The van der Waals surface area contributed by atoms with Gasteiger partial charge in [0.15, 0.2) is 5.65 Å². The van der Waals surface area contributed by atoms with E-state index in [1.165, 1.54) is 0 Å². The second-order valence-electron chi connectivity index (χ2n) is 4.25. The first-order valence-corrected chi connectivity index (χ1v) is 5.30. The summed E-state index contributed by atoms with van der Waals surface area (Å²) in [6, 6.07) is 3.54. The summed E-state index contributed by atoms with van der Waals surface area (Å²) in [7, 11) is 0. The van der Waals surface area contributed by atoms with Crippen LogP contribution in [0.5, 0.6) is 0 Å². The van der Waals surface area contributed by atoms with Gasteiger partial charge >= 0.3 is 0 Å². The molecule has 0 aliphatic rings. The van der Waals surface area contributed by atoms with Gasteiger partial charge in [-0.1, -0.05) is 11.6 Å². The molecular formula is C10H13ClN4O. The van der Waals surface area contributed by atoms with Gasteiger partial charge in [-0.05, 0) is 26.0 Å². The Bertz CT molecular complexity index is 503. The average Bonchev–Trinajstić information content (AvgIpc) is 2.55. The predicted molar refractivity (Wildman–Crippen MR) is 62.8 cm³/mol. The highest BCUT2D eigenvalue weighted by molar-refractivity contribution is 6.30. The lowest BCUT2D eigenvalue weighted by atomic mass is 10.1. The van der Waals surface area contributed by atoms with Gasteiger partial charge in [0.2, 0.25) is 5.95 Å². The number of rotatable bonds is 3. The third kappa shape index (κ3) is 2.62. The molecule has 16 heavy (non-hydrogen) atoms. The lowest BCUT2D eigenvalue weighted by Crippen LogP contribution is -2.29. The monoisotopic (exact) mass is 240 g/mol. The molecule has 0 fully saturated rings. The van der Waals surface area contributed by atoms with Crippen LogP contribution in [-0.4, -0.2) is 31.9 Å². The minimum atomic E-state index is -0.797. The molecule has 2 aromatic heterocycles. The Kier molecular flexibility index (Phi) is 2.73. The second kappa shape index (κ2) is 3.92. The van der Waals surface area contributed by atoms with Crippen molar-refractivity contribution >= 4 is 23.2 Å². The minimum Gasteiger partial charge on any atom is -0.389 e. The topological polar surface area (TPSA) is 62.5 Å². The van der Waals surface area contributed by atoms with Gasteiger partial charge in [0.1, 0.15) is 0 Å². The number of fused-ring (bicyclic) bond motifs is 1. The van der Waals surface area contributed by atoms with Crippen LogP contribution in [0.3, 0.4) is 0 Å². The summed E-state index contributed by atoms with van der Waals surface area (Å²) in [6.45, 7) is 3.82. The molecule has 0 radical (unpaired) electrons. The van der Waals surface area contributed by atoms with E-state index < -0.39 is 5.60 Å². The average molecular weight is 241 g/mol. The van der Waals surface area contributed by atoms with E-state index in [-0.39, 0.29) is 0 Å². The normalized spacial score (nSPS) is 12.0. The maximum Gasteiger partial charge on any atom is 0.243 e. The van der Waals surface area contributed by atoms with Crippen LogP contribution in [0.1, 0.15) is 13.8 Å². The molecule has 86 valence electrons. The summed E-state index contributed by atoms with van der Waals surface area (Å²) < 4.78 is 1.59. The van der Waals surface area contributed by atoms with Gasteiger partial charge in [-0.2, -0.15) is 4.98 Å². The molecular weight excluding hydrogens is 228 g/mol. The maximum atomic E-state index is 9.55. The number of aliphatic hydroxyl groups is 1. The molecule has 2 heterocycles. The van der Waals surface area contributed by atoms with Crippen molar-refractivity contribution in [3.05, 3.63) is 23.4 Å². The molecule has 2 rings (SSSR count). The number of pyridine rings is 1. The van der Waals surface area contributed by atoms with Crippen LogP contribution >= 0.6 is 11.6 Å². The number of hydrogen-bond donors (Lipinski definition) is 2. The Hall–Kier alpha value is -1.33. The van der Waals surface area contributed by atoms with Gasteiger partial charge in [0, 0.05) is 12.7 Å². The molecule has 0 aliphatic carbocycles. The van der Waals surface area contributed by atoms with Gasteiger partial charge in [-0.25, -0.2) is 4.52 Å². The van der Waals surface area contributed by atoms with Crippen molar-refractivity contribution in [2.75, 3.05) is 11.9 Å². The number of nitrogens with zero attached hydrogens (tertiary/aromatic N) is 3. The fourth-order valence-electron chi connectivity index (χ4n) is 1.23. The van der Waals surface area contributed by atoms with Crippen molar-refractivity contribution in [1.29, 1.82) is 0 Å². The van der Waals surface area contributed by atoms with Crippen molar-refractivity contribution in [3.63, 3.8) is 0 Å². The van der Waals surface area contributed by atoms with Crippen molar-refractivity contribution in [2.45, 2.75) is 19.4 Å². The number of nitrogens with one attached hydrogen (secondary N) is 1. The second-order valence-corrected chi connectivity index (χ2v) is 4.69. The van der Waals surface area contributed by atoms with E-state index in [0.29, 0.717) is 23.2 Å². The third-order valence-corrected chi connectivity index (χ3v) is 2.20. The molecule has 0 spiro atoms.